The van der Waals surface area contributed by atoms with E-state index in [1.54, 1.807) is 0 Å². The normalized spacial score (nSPS) is 17.5. The Kier molecular flexibility index (Phi) is 11.7. The van der Waals surface area contributed by atoms with E-state index in [9.17, 15) is 15.3 Å². The van der Waals surface area contributed by atoms with Crippen molar-refractivity contribution in [2.45, 2.75) is 24.4 Å². The van der Waals surface area contributed by atoms with E-state index >= 15 is 0 Å². The molecule has 96 valence electrons. The molecule has 0 fully saturated rings. The van der Waals surface area contributed by atoms with Crippen LogP contribution in [0, 0.1) is 0 Å². The topological polar surface area (TPSA) is 104 Å². The van der Waals surface area contributed by atoms with Crippen LogP contribution >= 0.6 is 12.2 Å². The summed E-state index contributed by atoms with van der Waals surface area (Å²) >= 11 is 9.32. The summed E-state index contributed by atoms with van der Waals surface area (Å²) < 4.78 is 0.114. The molecule has 0 aromatic rings. The molecule has 0 aliphatic heterocycles. The Bertz CT molecular complexity index is 236. The molecule has 0 aliphatic rings. The number of nitrogens with zero attached hydrogens (tertiary/aromatic N) is 1. The van der Waals surface area contributed by atoms with E-state index in [4.69, 9.17) is 10.2 Å². The van der Waals surface area contributed by atoms with Gasteiger partial charge < -0.3 is 55.3 Å². The molecule has 0 bridgehead atoms. The zero-order valence-electron chi connectivity index (χ0n) is 9.72. The maximum Gasteiger partial charge on any atom is 1.00 e. The summed E-state index contributed by atoms with van der Waals surface area (Å²) in [5.41, 5.74) is 0. The molecule has 0 amide bonds. The Morgan fingerprint density at radius 3 is 1.94 bits per heavy atom. The summed E-state index contributed by atoms with van der Waals surface area (Å²) in [6.45, 7) is -0.779. The first-order valence-corrected chi connectivity index (χ1v) is 5.38. The van der Waals surface area contributed by atoms with Crippen LogP contribution in [0.5, 0.6) is 0 Å². The molecule has 0 aromatic heterocycles. The molecule has 9 heteroatoms. The average Bonchev–Trinajstić information content (AvgIpc) is 2.25. The molecule has 0 unspecified atom stereocenters. The van der Waals surface area contributed by atoms with Gasteiger partial charge in [-0.1, -0.05) is 4.32 Å². The first-order chi connectivity index (χ1) is 7.31. The zero-order valence-corrected chi connectivity index (χ0v) is 13.4. The number of rotatable bonds is 6. The minimum atomic E-state index is -1.63. The molecule has 0 radical (unpaired) electrons. The van der Waals surface area contributed by atoms with Gasteiger partial charge in [0.05, 0.1) is 12.7 Å². The molecule has 0 heterocycles. The van der Waals surface area contributed by atoms with Gasteiger partial charge in [0.2, 0.25) is 0 Å². The molecule has 0 rings (SSSR count). The molecule has 6 nitrogen and oxygen atoms in total. The van der Waals surface area contributed by atoms with Crippen LogP contribution in [0.4, 0.5) is 0 Å². The van der Waals surface area contributed by atoms with Gasteiger partial charge in [-0.15, -0.1) is 0 Å². The van der Waals surface area contributed by atoms with Gasteiger partial charge in [-0.25, -0.2) is 0 Å². The van der Waals surface area contributed by atoms with Crippen molar-refractivity contribution in [2.24, 2.45) is 0 Å². The monoisotopic (exact) mass is 293 g/mol. The van der Waals surface area contributed by atoms with Crippen molar-refractivity contribution in [1.29, 1.82) is 0 Å². The molecule has 0 aliphatic carbocycles. The summed E-state index contributed by atoms with van der Waals surface area (Å²) in [4.78, 5) is 1.34. The van der Waals surface area contributed by atoms with Gasteiger partial charge >= 0.3 is 29.6 Å². The second-order valence-corrected chi connectivity index (χ2v) is 4.48. The minimum Gasteiger partial charge on any atom is -0.411 e. The standard InChI is InChI=1S/C8H17NO5S2.Na/c1-9(8(15)16)2-4(11)6(13)7(14)5(12)3-10;/h4-7,10-14H,2-3H2,1H3,(H,15,16);/q;+1/p-1/t4-,5+,6+,7+;/m1./s1. The summed E-state index contributed by atoms with van der Waals surface area (Å²) in [6, 6.07) is 0. The zero-order chi connectivity index (χ0) is 12.9. The summed E-state index contributed by atoms with van der Waals surface area (Å²) in [5.74, 6) is 0. The van der Waals surface area contributed by atoms with Crippen molar-refractivity contribution in [3.05, 3.63) is 0 Å². The Hall–Kier alpha value is 0.910. The molecule has 4 atom stereocenters. The predicted octanol–water partition coefficient (Wildman–Crippen LogP) is -5.81. The number of aliphatic hydroxyl groups is 5. The van der Waals surface area contributed by atoms with Gasteiger partial charge in [0.25, 0.3) is 0 Å². The summed E-state index contributed by atoms with van der Waals surface area (Å²) in [5, 5.41) is 45.9. The second-order valence-electron chi connectivity index (χ2n) is 3.44. The van der Waals surface area contributed by atoms with Gasteiger partial charge in [-0.3, -0.25) is 0 Å². The van der Waals surface area contributed by atoms with E-state index in [1.807, 2.05) is 0 Å². The maximum absolute atomic E-state index is 9.50. The summed E-state index contributed by atoms with van der Waals surface area (Å²) in [7, 11) is 1.53. The van der Waals surface area contributed by atoms with Crippen LogP contribution in [0.1, 0.15) is 0 Å². The van der Waals surface area contributed by atoms with Crippen LogP contribution in [0.3, 0.4) is 0 Å². The molecular weight excluding hydrogens is 277 g/mol. The van der Waals surface area contributed by atoms with E-state index in [1.165, 1.54) is 11.9 Å². The van der Waals surface area contributed by atoms with Gasteiger partial charge in [0, 0.05) is 13.6 Å². The largest absolute Gasteiger partial charge is 1.00 e. The smallest absolute Gasteiger partial charge is 0.411 e. The Morgan fingerprint density at radius 1 is 1.18 bits per heavy atom. The van der Waals surface area contributed by atoms with Gasteiger partial charge in [0.1, 0.15) is 18.3 Å². The van der Waals surface area contributed by atoms with E-state index in [2.05, 4.69) is 24.8 Å². The summed E-state index contributed by atoms with van der Waals surface area (Å²) in [6.07, 6.45) is -6.06. The Balaban J connectivity index is 0. The van der Waals surface area contributed by atoms with Gasteiger partial charge in [-0.2, -0.15) is 0 Å². The van der Waals surface area contributed by atoms with Crippen molar-refractivity contribution >= 4 is 29.2 Å². The van der Waals surface area contributed by atoms with Crippen molar-refractivity contribution < 1.29 is 55.1 Å². The van der Waals surface area contributed by atoms with Gasteiger partial charge in [-0.05, 0) is 0 Å². The number of hydrogen-bond acceptors (Lipinski definition) is 7. The third-order valence-electron chi connectivity index (χ3n) is 2.10. The van der Waals surface area contributed by atoms with Crippen LogP contribution in [0.25, 0.3) is 0 Å². The number of thiocarbonyl (C=S) groups is 1. The van der Waals surface area contributed by atoms with Crippen molar-refractivity contribution in [2.75, 3.05) is 20.2 Å². The molecule has 5 N–H and O–H groups in total. The SMILES string of the molecule is CN(C[C@@H](O)[C@H](O)[C@@H](O)[C@@H](O)CO)C(=S)[S-].[Na+]. The molecule has 0 aromatic carbocycles. The molecule has 0 spiro atoms. The third-order valence-corrected chi connectivity index (χ3v) is 2.72. The predicted molar refractivity (Wildman–Crippen MR) is 63.7 cm³/mol. The third kappa shape index (κ3) is 7.16. The molecular formula is C8H16NNaO5S2. The Morgan fingerprint density at radius 2 is 1.59 bits per heavy atom. The number of hydrogen-bond donors (Lipinski definition) is 5. The maximum atomic E-state index is 9.50. The van der Waals surface area contributed by atoms with Crippen LogP contribution in [-0.4, -0.2) is 79.4 Å². The van der Waals surface area contributed by atoms with E-state index < -0.39 is 31.0 Å². The molecule has 17 heavy (non-hydrogen) atoms. The minimum absolute atomic E-state index is 0. The molecule has 0 saturated carbocycles. The quantitative estimate of drug-likeness (QED) is 0.187. The van der Waals surface area contributed by atoms with E-state index in [-0.39, 0.29) is 40.4 Å². The van der Waals surface area contributed by atoms with Crippen LogP contribution < -0.4 is 29.6 Å². The Labute approximate surface area is 133 Å². The van der Waals surface area contributed by atoms with Crippen molar-refractivity contribution in [1.82, 2.24) is 4.90 Å². The number of aliphatic hydroxyl groups excluding tert-OH is 5. The van der Waals surface area contributed by atoms with Crippen LogP contribution in [0.2, 0.25) is 0 Å². The first-order valence-electron chi connectivity index (χ1n) is 4.56. The fraction of sp³-hybridized carbons (Fsp3) is 0.875. The van der Waals surface area contributed by atoms with E-state index in [0.29, 0.717) is 0 Å². The van der Waals surface area contributed by atoms with Crippen LogP contribution in [0.15, 0.2) is 0 Å². The van der Waals surface area contributed by atoms with Crippen LogP contribution in [-0.2, 0) is 12.6 Å². The average molecular weight is 293 g/mol. The fourth-order valence-electron chi connectivity index (χ4n) is 1.03. The van der Waals surface area contributed by atoms with Crippen molar-refractivity contribution in [3.8, 4) is 0 Å². The fourth-order valence-corrected chi connectivity index (χ4v) is 1.18. The number of likely N-dealkylation sites (N-methyl/N-ethyl adjacent to an activating group) is 1. The first kappa shape index (κ1) is 20.2. The van der Waals surface area contributed by atoms with Gasteiger partial charge in [0.15, 0.2) is 0 Å². The molecule has 0 saturated heterocycles. The van der Waals surface area contributed by atoms with E-state index in [0.717, 1.165) is 0 Å². The second kappa shape index (κ2) is 9.79. The van der Waals surface area contributed by atoms with Crippen molar-refractivity contribution in [3.63, 3.8) is 0 Å².